The largest absolute Gasteiger partial charge is 0.449 e. The summed E-state index contributed by atoms with van der Waals surface area (Å²) in [5.74, 6) is -1.01. The van der Waals surface area contributed by atoms with E-state index in [1.165, 1.54) is 6.92 Å². The van der Waals surface area contributed by atoms with Crippen LogP contribution in [0.2, 0.25) is 5.02 Å². The van der Waals surface area contributed by atoms with Crippen molar-refractivity contribution in [2.75, 3.05) is 13.1 Å². The highest BCUT2D eigenvalue weighted by molar-refractivity contribution is 6.30. The van der Waals surface area contributed by atoms with Gasteiger partial charge >= 0.3 is 5.97 Å². The van der Waals surface area contributed by atoms with E-state index >= 15 is 0 Å². The molecule has 0 aromatic heterocycles. The molecule has 1 amide bonds. The predicted molar refractivity (Wildman–Crippen MR) is 111 cm³/mol. The molecule has 152 valence electrons. The minimum Gasteiger partial charge on any atom is -0.449 e. The highest BCUT2D eigenvalue weighted by Crippen LogP contribution is 2.27. The van der Waals surface area contributed by atoms with Crippen LogP contribution in [0.4, 0.5) is 0 Å². The molecule has 5 nitrogen and oxygen atoms in total. The maximum absolute atomic E-state index is 13.1. The van der Waals surface area contributed by atoms with Crippen molar-refractivity contribution in [1.82, 2.24) is 4.90 Å². The van der Waals surface area contributed by atoms with Crippen molar-refractivity contribution in [3.63, 3.8) is 0 Å². The van der Waals surface area contributed by atoms with Crippen molar-refractivity contribution in [2.24, 2.45) is 5.92 Å². The van der Waals surface area contributed by atoms with Crippen molar-refractivity contribution < 1.29 is 19.1 Å². The molecule has 0 bridgehead atoms. The Labute approximate surface area is 175 Å². The van der Waals surface area contributed by atoms with E-state index < -0.39 is 12.1 Å². The Kier molecular flexibility index (Phi) is 6.70. The van der Waals surface area contributed by atoms with Gasteiger partial charge in [-0.05, 0) is 44.0 Å². The van der Waals surface area contributed by atoms with Crippen molar-refractivity contribution in [1.29, 1.82) is 0 Å². The lowest BCUT2D eigenvalue weighted by Crippen LogP contribution is -2.40. The summed E-state index contributed by atoms with van der Waals surface area (Å²) in [6.07, 6.45) is 0.0533. The summed E-state index contributed by atoms with van der Waals surface area (Å²) in [7, 11) is 0. The van der Waals surface area contributed by atoms with Gasteiger partial charge in [0.2, 0.25) is 11.7 Å². The molecule has 1 fully saturated rings. The molecule has 1 saturated heterocycles. The van der Waals surface area contributed by atoms with Crippen molar-refractivity contribution in [3.05, 3.63) is 70.2 Å². The van der Waals surface area contributed by atoms with Gasteiger partial charge in [-0.3, -0.25) is 14.4 Å². The second-order valence-electron chi connectivity index (χ2n) is 7.38. The maximum Gasteiger partial charge on any atom is 0.310 e. The third-order valence-electron chi connectivity index (χ3n) is 5.25. The molecule has 6 heteroatoms. The number of hydrogen-bond donors (Lipinski definition) is 0. The second-order valence-corrected chi connectivity index (χ2v) is 7.82. The average Bonchev–Trinajstić information content (AvgIpc) is 2.73. The summed E-state index contributed by atoms with van der Waals surface area (Å²) in [4.78, 5) is 39.2. The summed E-state index contributed by atoms with van der Waals surface area (Å²) >= 11 is 5.93. The fraction of sp³-hybridized carbons (Fsp3) is 0.348. The van der Waals surface area contributed by atoms with Crippen molar-refractivity contribution in [3.8, 4) is 0 Å². The van der Waals surface area contributed by atoms with Crippen LogP contribution in [0.5, 0.6) is 0 Å². The number of benzene rings is 2. The third kappa shape index (κ3) is 5.24. The lowest BCUT2D eigenvalue weighted by Gasteiger charge is -2.31. The molecule has 0 aliphatic carbocycles. The zero-order valence-corrected chi connectivity index (χ0v) is 17.3. The number of nitrogens with zero attached hydrogens (tertiary/aromatic N) is 1. The number of rotatable bonds is 5. The Morgan fingerprint density at radius 1 is 1.00 bits per heavy atom. The first-order valence-corrected chi connectivity index (χ1v) is 10.1. The minimum atomic E-state index is -1.02. The van der Waals surface area contributed by atoms with Gasteiger partial charge in [-0.1, -0.05) is 41.4 Å². The van der Waals surface area contributed by atoms with E-state index in [1.54, 1.807) is 41.3 Å². The Morgan fingerprint density at radius 2 is 1.59 bits per heavy atom. The fourth-order valence-electron chi connectivity index (χ4n) is 3.42. The molecule has 0 radical (unpaired) electrons. The number of likely N-dealkylation sites (tertiary alicyclic amines) is 1. The van der Waals surface area contributed by atoms with Gasteiger partial charge in [0.25, 0.3) is 0 Å². The lowest BCUT2D eigenvalue weighted by atomic mass is 9.95. The summed E-state index contributed by atoms with van der Waals surface area (Å²) in [5, 5.41) is 0.530. The molecule has 1 heterocycles. The van der Waals surface area contributed by atoms with E-state index in [1.807, 2.05) is 19.1 Å². The van der Waals surface area contributed by atoms with Gasteiger partial charge in [-0.15, -0.1) is 0 Å². The Hall–Kier alpha value is -2.66. The van der Waals surface area contributed by atoms with Crippen LogP contribution in [-0.2, 0) is 14.3 Å². The van der Waals surface area contributed by atoms with Gasteiger partial charge in [-0.2, -0.15) is 0 Å². The molecule has 2 aromatic carbocycles. The number of ether oxygens (including phenoxy) is 1. The Bertz CT molecular complexity index is 884. The number of esters is 1. The normalized spacial score (nSPS) is 15.6. The van der Waals surface area contributed by atoms with E-state index in [4.69, 9.17) is 16.3 Å². The number of amides is 1. The highest BCUT2D eigenvalue weighted by atomic mass is 35.5. The molecule has 29 heavy (non-hydrogen) atoms. The Morgan fingerprint density at radius 3 is 2.14 bits per heavy atom. The van der Waals surface area contributed by atoms with Crippen LogP contribution in [0.25, 0.3) is 0 Å². The molecule has 1 aliphatic heterocycles. The summed E-state index contributed by atoms with van der Waals surface area (Å²) in [5.41, 5.74) is 2.11. The second kappa shape index (κ2) is 9.23. The molecule has 3 rings (SSSR count). The lowest BCUT2D eigenvalue weighted by molar-refractivity contribution is -0.155. The third-order valence-corrected chi connectivity index (χ3v) is 5.51. The monoisotopic (exact) mass is 413 g/mol. The zero-order valence-electron chi connectivity index (χ0n) is 16.6. The van der Waals surface area contributed by atoms with Gasteiger partial charge in [0.1, 0.15) is 0 Å². The first-order valence-electron chi connectivity index (χ1n) is 9.67. The van der Waals surface area contributed by atoms with Gasteiger partial charge < -0.3 is 9.64 Å². The molecule has 1 unspecified atom stereocenters. The van der Waals surface area contributed by atoms with Crippen LogP contribution in [0.1, 0.15) is 47.4 Å². The van der Waals surface area contributed by atoms with Crippen LogP contribution in [0.15, 0.2) is 48.5 Å². The van der Waals surface area contributed by atoms with E-state index in [2.05, 4.69) is 0 Å². The SMILES string of the molecule is CC(=O)N1CCC(C(=O)OC(C(=O)c2ccc(Cl)cc2)c2ccc(C)cc2)CC1. The molecule has 0 N–H and O–H groups in total. The van der Waals surface area contributed by atoms with Crippen LogP contribution < -0.4 is 0 Å². The number of aryl methyl sites for hydroxylation is 1. The summed E-state index contributed by atoms with van der Waals surface area (Å²) in [6, 6.07) is 13.9. The first-order chi connectivity index (χ1) is 13.8. The van der Waals surface area contributed by atoms with E-state index in [9.17, 15) is 14.4 Å². The molecule has 1 aliphatic rings. The number of carbonyl (C=O) groups is 3. The van der Waals surface area contributed by atoms with Crippen LogP contribution in [0, 0.1) is 12.8 Å². The number of piperidine rings is 1. The predicted octanol–water partition coefficient (Wildman–Crippen LogP) is 4.37. The summed E-state index contributed by atoms with van der Waals surface area (Å²) < 4.78 is 5.73. The maximum atomic E-state index is 13.1. The van der Waals surface area contributed by atoms with Gasteiger partial charge in [0.15, 0.2) is 6.10 Å². The fourth-order valence-corrected chi connectivity index (χ4v) is 3.55. The molecular formula is C23H24ClNO4. The van der Waals surface area contributed by atoms with Crippen LogP contribution >= 0.6 is 11.6 Å². The topological polar surface area (TPSA) is 63.7 Å². The number of carbonyl (C=O) groups excluding carboxylic acids is 3. The summed E-state index contributed by atoms with van der Waals surface area (Å²) in [6.45, 7) is 4.52. The zero-order chi connectivity index (χ0) is 21.0. The van der Waals surface area contributed by atoms with Crippen molar-refractivity contribution >= 4 is 29.3 Å². The molecule has 2 aromatic rings. The highest BCUT2D eigenvalue weighted by Gasteiger charge is 2.32. The Balaban J connectivity index is 1.79. The number of halogens is 1. The van der Waals surface area contributed by atoms with E-state index in [0.717, 1.165) is 5.56 Å². The van der Waals surface area contributed by atoms with E-state index in [0.29, 0.717) is 42.1 Å². The minimum absolute atomic E-state index is 0.00673. The number of ketones is 1. The molecule has 0 saturated carbocycles. The first kappa shape index (κ1) is 21.1. The number of Topliss-reactive ketones (excluding diaryl/α,β-unsaturated/α-hetero) is 1. The van der Waals surface area contributed by atoms with E-state index in [-0.39, 0.29) is 17.6 Å². The number of hydrogen-bond acceptors (Lipinski definition) is 4. The average molecular weight is 414 g/mol. The van der Waals surface area contributed by atoms with Crippen LogP contribution in [-0.4, -0.2) is 35.6 Å². The molecular weight excluding hydrogens is 390 g/mol. The smallest absolute Gasteiger partial charge is 0.310 e. The van der Waals surface area contributed by atoms with Crippen molar-refractivity contribution in [2.45, 2.75) is 32.8 Å². The van der Waals surface area contributed by atoms with Crippen LogP contribution in [0.3, 0.4) is 0 Å². The standard InChI is InChI=1S/C23H24ClNO4/c1-15-3-5-18(6-4-15)22(21(27)17-7-9-20(24)10-8-17)29-23(28)19-11-13-25(14-12-19)16(2)26/h3-10,19,22H,11-14H2,1-2H3. The molecule has 0 spiro atoms. The molecule has 1 atom stereocenters. The van der Waals surface area contributed by atoms with Gasteiger partial charge in [-0.25, -0.2) is 0 Å². The quantitative estimate of drug-likeness (QED) is 0.539. The van der Waals surface area contributed by atoms with Gasteiger partial charge in [0.05, 0.1) is 5.92 Å². The van der Waals surface area contributed by atoms with Gasteiger partial charge in [0, 0.05) is 36.2 Å².